The third-order valence-corrected chi connectivity index (χ3v) is 4.74. The van der Waals surface area contributed by atoms with Gasteiger partial charge in [0.05, 0.1) is 5.75 Å². The lowest BCUT2D eigenvalue weighted by molar-refractivity contribution is 0.386. The summed E-state index contributed by atoms with van der Waals surface area (Å²) in [4.78, 5) is 3.98. The van der Waals surface area contributed by atoms with Crippen LogP contribution in [0.2, 0.25) is 0 Å². The molecule has 0 radical (unpaired) electrons. The Bertz CT molecular complexity index is 762. The van der Waals surface area contributed by atoms with Gasteiger partial charge in [0.15, 0.2) is 27.3 Å². The summed E-state index contributed by atoms with van der Waals surface area (Å²) >= 11 is 1.39. The second-order valence-electron chi connectivity index (χ2n) is 4.80. The Morgan fingerprint density at radius 3 is 2.68 bits per heavy atom. The predicted molar refractivity (Wildman–Crippen MR) is 78.9 cm³/mol. The van der Waals surface area contributed by atoms with Gasteiger partial charge in [-0.05, 0) is 24.6 Å². The molecule has 0 unspecified atom stereocenters. The third kappa shape index (κ3) is 4.77. The number of benzene rings is 1. The Balaban J connectivity index is 1.96. The van der Waals surface area contributed by atoms with E-state index in [1.54, 1.807) is 0 Å². The number of halogens is 2. The summed E-state index contributed by atoms with van der Waals surface area (Å²) in [6.07, 6.45) is 1.09. The molecule has 9 heteroatoms. The van der Waals surface area contributed by atoms with Crippen LogP contribution in [0, 0.1) is 11.6 Å². The molecule has 2 rings (SSSR count). The lowest BCUT2D eigenvalue weighted by Gasteiger charge is -2.10. The molecule has 0 aliphatic heterocycles. The highest BCUT2D eigenvalue weighted by atomic mass is 32.2. The van der Waals surface area contributed by atoms with Gasteiger partial charge in [0.25, 0.3) is 0 Å². The Labute approximate surface area is 131 Å². The van der Waals surface area contributed by atoms with Gasteiger partial charge in [-0.3, -0.25) is 0 Å². The number of rotatable bonds is 6. The van der Waals surface area contributed by atoms with E-state index in [9.17, 15) is 17.2 Å². The average Bonchev–Trinajstić information content (AvgIpc) is 2.84. The summed E-state index contributed by atoms with van der Waals surface area (Å²) in [5.74, 6) is -1.31. The van der Waals surface area contributed by atoms with Crippen molar-refractivity contribution in [2.75, 3.05) is 6.26 Å². The molecule has 0 saturated heterocycles. The van der Waals surface area contributed by atoms with E-state index in [-0.39, 0.29) is 22.7 Å². The summed E-state index contributed by atoms with van der Waals surface area (Å²) < 4.78 is 53.3. The molecule has 0 N–H and O–H groups in total. The molecule has 2 aromatic rings. The van der Waals surface area contributed by atoms with Gasteiger partial charge in [0, 0.05) is 11.5 Å². The number of thioether (sulfide) groups is 1. The minimum Gasteiger partial charge on any atom is -0.338 e. The maximum atomic E-state index is 13.2. The molecule has 120 valence electrons. The SMILES string of the molecule is C[C@H](SCc1nc(CS(C)(=O)=O)no1)c1ccc(F)c(F)c1. The smallest absolute Gasteiger partial charge is 0.236 e. The maximum Gasteiger partial charge on any atom is 0.236 e. The van der Waals surface area contributed by atoms with Crippen molar-refractivity contribution in [2.24, 2.45) is 0 Å². The van der Waals surface area contributed by atoms with Gasteiger partial charge in [0.2, 0.25) is 5.89 Å². The number of sulfone groups is 1. The zero-order chi connectivity index (χ0) is 16.3. The van der Waals surface area contributed by atoms with Gasteiger partial charge in [0.1, 0.15) is 5.75 Å². The molecule has 0 amide bonds. The van der Waals surface area contributed by atoms with E-state index in [1.165, 1.54) is 17.8 Å². The van der Waals surface area contributed by atoms with Gasteiger partial charge in [-0.15, -0.1) is 11.8 Å². The molecule has 0 aliphatic rings. The minimum atomic E-state index is -3.22. The van der Waals surface area contributed by atoms with Crippen molar-refractivity contribution in [1.29, 1.82) is 0 Å². The molecular weight excluding hydrogens is 334 g/mol. The Morgan fingerprint density at radius 1 is 1.32 bits per heavy atom. The summed E-state index contributed by atoms with van der Waals surface area (Å²) in [6, 6.07) is 3.74. The quantitative estimate of drug-likeness (QED) is 0.799. The molecule has 0 aliphatic carbocycles. The van der Waals surface area contributed by atoms with Crippen molar-refractivity contribution in [1.82, 2.24) is 10.1 Å². The summed E-state index contributed by atoms with van der Waals surface area (Å²) in [7, 11) is -3.22. The van der Waals surface area contributed by atoms with Gasteiger partial charge < -0.3 is 4.52 Å². The number of nitrogens with zero attached hydrogens (tertiary/aromatic N) is 2. The Morgan fingerprint density at radius 2 is 2.05 bits per heavy atom. The van der Waals surface area contributed by atoms with Crippen LogP contribution in [0.1, 0.15) is 29.5 Å². The highest BCUT2D eigenvalue weighted by Gasteiger charge is 2.15. The summed E-state index contributed by atoms with van der Waals surface area (Å²) in [6.45, 7) is 1.84. The first-order valence-electron chi connectivity index (χ1n) is 6.30. The molecule has 1 atom stereocenters. The van der Waals surface area contributed by atoms with Gasteiger partial charge in [-0.25, -0.2) is 17.2 Å². The second-order valence-corrected chi connectivity index (χ2v) is 8.27. The first kappa shape index (κ1) is 16.9. The largest absolute Gasteiger partial charge is 0.338 e. The van der Waals surface area contributed by atoms with E-state index in [2.05, 4.69) is 10.1 Å². The van der Waals surface area contributed by atoms with Crippen LogP contribution in [0.5, 0.6) is 0 Å². The van der Waals surface area contributed by atoms with Crippen molar-refractivity contribution in [3.63, 3.8) is 0 Å². The molecule has 0 bridgehead atoms. The Kier molecular flexibility index (Phi) is 5.17. The van der Waals surface area contributed by atoms with Gasteiger partial charge >= 0.3 is 0 Å². The van der Waals surface area contributed by atoms with Crippen molar-refractivity contribution in [2.45, 2.75) is 23.7 Å². The summed E-state index contributed by atoms with van der Waals surface area (Å²) in [5.41, 5.74) is 0.639. The van der Waals surface area contributed by atoms with Crippen molar-refractivity contribution < 1.29 is 21.7 Å². The molecule has 1 heterocycles. The van der Waals surface area contributed by atoms with Crippen LogP contribution in [0.25, 0.3) is 0 Å². The number of aromatic nitrogens is 2. The highest BCUT2D eigenvalue weighted by Crippen LogP contribution is 2.31. The van der Waals surface area contributed by atoms with E-state index >= 15 is 0 Å². The fraction of sp³-hybridized carbons (Fsp3) is 0.385. The fourth-order valence-electron chi connectivity index (χ4n) is 1.70. The van der Waals surface area contributed by atoms with Crippen LogP contribution < -0.4 is 0 Å². The molecular formula is C13H14F2N2O3S2. The van der Waals surface area contributed by atoms with Gasteiger partial charge in [-0.2, -0.15) is 4.98 Å². The van der Waals surface area contributed by atoms with Gasteiger partial charge in [-0.1, -0.05) is 11.2 Å². The van der Waals surface area contributed by atoms with Crippen LogP contribution in [0.4, 0.5) is 8.78 Å². The van der Waals surface area contributed by atoms with Crippen LogP contribution in [-0.4, -0.2) is 24.8 Å². The first-order chi connectivity index (χ1) is 10.2. The monoisotopic (exact) mass is 348 g/mol. The standard InChI is InChI=1S/C13H14F2N2O3S2/c1-8(9-3-4-10(14)11(15)5-9)21-6-13-16-12(17-20-13)7-22(2,18)19/h3-5,8H,6-7H2,1-2H3/t8-/m0/s1. The van der Waals surface area contributed by atoms with Crippen molar-refractivity contribution in [3.8, 4) is 0 Å². The van der Waals surface area contributed by atoms with Crippen LogP contribution in [0.3, 0.4) is 0 Å². The van der Waals surface area contributed by atoms with E-state index in [0.29, 0.717) is 11.3 Å². The van der Waals surface area contributed by atoms with Crippen LogP contribution in [-0.2, 0) is 21.3 Å². The van der Waals surface area contributed by atoms with Crippen molar-refractivity contribution in [3.05, 3.63) is 47.1 Å². The topological polar surface area (TPSA) is 73.1 Å². The van der Waals surface area contributed by atoms with Crippen LogP contribution >= 0.6 is 11.8 Å². The predicted octanol–water partition coefficient (Wildman–Crippen LogP) is 2.89. The van der Waals surface area contributed by atoms with Crippen molar-refractivity contribution >= 4 is 21.6 Å². The third-order valence-electron chi connectivity index (χ3n) is 2.77. The highest BCUT2D eigenvalue weighted by molar-refractivity contribution is 7.98. The molecule has 0 spiro atoms. The maximum absolute atomic E-state index is 13.2. The Hall–Kier alpha value is -1.48. The first-order valence-corrected chi connectivity index (χ1v) is 9.41. The molecule has 1 aromatic carbocycles. The molecule has 22 heavy (non-hydrogen) atoms. The minimum absolute atomic E-state index is 0.110. The average molecular weight is 348 g/mol. The lowest BCUT2D eigenvalue weighted by Crippen LogP contribution is -2.02. The zero-order valence-electron chi connectivity index (χ0n) is 11.9. The number of hydrogen-bond acceptors (Lipinski definition) is 6. The van der Waals surface area contributed by atoms with E-state index in [1.807, 2.05) is 6.92 Å². The second kappa shape index (κ2) is 6.74. The lowest BCUT2D eigenvalue weighted by atomic mass is 10.1. The summed E-state index contributed by atoms with van der Waals surface area (Å²) in [5, 5.41) is 3.48. The zero-order valence-corrected chi connectivity index (χ0v) is 13.5. The molecule has 5 nitrogen and oxygen atoms in total. The number of hydrogen-bond donors (Lipinski definition) is 0. The fourth-order valence-corrected chi connectivity index (χ4v) is 3.13. The van der Waals surface area contributed by atoms with Crippen LogP contribution in [0.15, 0.2) is 22.7 Å². The molecule has 0 saturated carbocycles. The molecule has 0 fully saturated rings. The molecule has 1 aromatic heterocycles. The normalized spacial score (nSPS) is 13.3. The van der Waals surface area contributed by atoms with E-state index in [4.69, 9.17) is 4.52 Å². The van der Waals surface area contributed by atoms with E-state index < -0.39 is 21.5 Å². The van der Waals surface area contributed by atoms with E-state index in [0.717, 1.165) is 18.4 Å².